The Bertz CT molecular complexity index is 1470. The van der Waals surface area contributed by atoms with Crippen molar-refractivity contribution < 1.29 is 26.4 Å². The Hall–Kier alpha value is -3.70. The molecular weight excluding hydrogens is 478 g/mol. The quantitative estimate of drug-likeness (QED) is 0.536. The molecule has 0 radical (unpaired) electrons. The second kappa shape index (κ2) is 8.92. The van der Waals surface area contributed by atoms with Crippen molar-refractivity contribution in [3.05, 3.63) is 89.5 Å². The van der Waals surface area contributed by atoms with Crippen molar-refractivity contribution in [3.63, 3.8) is 0 Å². The van der Waals surface area contributed by atoms with Gasteiger partial charge in [0.15, 0.2) is 9.84 Å². The number of anilines is 1. The summed E-state index contributed by atoms with van der Waals surface area (Å²) in [7, 11) is -7.68. The SMILES string of the molecule is CS(=O)(=O)c1ccc(CN2C(=O)Nc3ccc(C(=O)NCc4ccccc4)cc3S2(=O)=O)cc1. The molecule has 3 aromatic rings. The van der Waals surface area contributed by atoms with Crippen LogP contribution in [0.2, 0.25) is 0 Å². The molecule has 11 heteroatoms. The van der Waals surface area contributed by atoms with Gasteiger partial charge in [0.25, 0.3) is 15.9 Å². The van der Waals surface area contributed by atoms with E-state index in [-0.39, 0.29) is 34.1 Å². The van der Waals surface area contributed by atoms with E-state index in [0.717, 1.165) is 11.8 Å². The number of carbonyl (C=O) groups excluding carboxylic acids is 2. The summed E-state index contributed by atoms with van der Waals surface area (Å²) in [5, 5.41) is 5.27. The molecule has 0 atom stereocenters. The molecule has 34 heavy (non-hydrogen) atoms. The largest absolute Gasteiger partial charge is 0.348 e. The highest BCUT2D eigenvalue weighted by Crippen LogP contribution is 2.32. The highest BCUT2D eigenvalue weighted by atomic mass is 32.2. The van der Waals surface area contributed by atoms with E-state index in [9.17, 15) is 26.4 Å². The Morgan fingerprint density at radius 3 is 2.29 bits per heavy atom. The van der Waals surface area contributed by atoms with Crippen LogP contribution in [0.4, 0.5) is 10.5 Å². The molecule has 0 aromatic heterocycles. The third-order valence-corrected chi connectivity index (χ3v) is 8.15. The fourth-order valence-corrected chi connectivity index (χ4v) is 5.55. The Kier molecular flexibility index (Phi) is 6.15. The number of amides is 3. The van der Waals surface area contributed by atoms with Crippen molar-refractivity contribution >= 4 is 37.5 Å². The van der Waals surface area contributed by atoms with Gasteiger partial charge in [-0.05, 0) is 41.5 Å². The van der Waals surface area contributed by atoms with E-state index < -0.39 is 31.8 Å². The van der Waals surface area contributed by atoms with Gasteiger partial charge in [0.2, 0.25) is 0 Å². The smallest absolute Gasteiger partial charge is 0.336 e. The van der Waals surface area contributed by atoms with Crippen LogP contribution in [0, 0.1) is 0 Å². The lowest BCUT2D eigenvalue weighted by Gasteiger charge is -2.29. The fraction of sp³-hybridized carbons (Fsp3) is 0.130. The number of carbonyl (C=O) groups is 2. The summed E-state index contributed by atoms with van der Waals surface area (Å²) in [5.41, 5.74) is 1.52. The molecule has 0 saturated carbocycles. The number of benzene rings is 3. The zero-order valence-electron chi connectivity index (χ0n) is 18.1. The highest BCUT2D eigenvalue weighted by Gasteiger charge is 2.37. The maximum atomic E-state index is 13.2. The molecule has 0 bridgehead atoms. The first-order valence-corrected chi connectivity index (χ1v) is 13.5. The van der Waals surface area contributed by atoms with Crippen molar-refractivity contribution in [2.45, 2.75) is 22.9 Å². The molecule has 1 aliphatic heterocycles. The summed E-state index contributed by atoms with van der Waals surface area (Å²) < 4.78 is 50.4. The van der Waals surface area contributed by atoms with E-state index in [1.807, 2.05) is 30.3 Å². The van der Waals surface area contributed by atoms with Gasteiger partial charge in [-0.3, -0.25) is 4.79 Å². The van der Waals surface area contributed by atoms with Crippen molar-refractivity contribution in [1.29, 1.82) is 0 Å². The fourth-order valence-electron chi connectivity index (χ4n) is 3.43. The summed E-state index contributed by atoms with van der Waals surface area (Å²) >= 11 is 0. The first-order valence-electron chi connectivity index (χ1n) is 10.1. The van der Waals surface area contributed by atoms with Crippen molar-refractivity contribution in [2.75, 3.05) is 11.6 Å². The van der Waals surface area contributed by atoms with E-state index >= 15 is 0 Å². The van der Waals surface area contributed by atoms with Crippen molar-refractivity contribution in [1.82, 2.24) is 9.62 Å². The van der Waals surface area contributed by atoms with Crippen LogP contribution in [-0.2, 0) is 33.0 Å². The molecule has 1 aliphatic rings. The lowest BCUT2D eigenvalue weighted by molar-refractivity contribution is 0.0950. The normalized spacial score (nSPS) is 14.7. The number of hydrogen-bond donors (Lipinski definition) is 2. The molecule has 4 rings (SSSR count). The molecule has 0 saturated heterocycles. The van der Waals surface area contributed by atoms with E-state index in [0.29, 0.717) is 9.87 Å². The van der Waals surface area contributed by atoms with Crippen LogP contribution in [0.1, 0.15) is 21.5 Å². The molecule has 9 nitrogen and oxygen atoms in total. The third kappa shape index (κ3) is 4.80. The summed E-state index contributed by atoms with van der Waals surface area (Å²) in [5.74, 6) is -0.457. The minimum absolute atomic E-state index is 0.0771. The zero-order chi connectivity index (χ0) is 24.5. The molecular formula is C23H21N3O6S2. The summed E-state index contributed by atoms with van der Waals surface area (Å²) in [6.07, 6.45) is 1.06. The Labute approximate surface area is 197 Å². The molecule has 0 fully saturated rings. The molecule has 3 aromatic carbocycles. The molecule has 0 aliphatic carbocycles. The second-order valence-electron chi connectivity index (χ2n) is 7.74. The van der Waals surface area contributed by atoms with Crippen molar-refractivity contribution in [2.24, 2.45) is 0 Å². The van der Waals surface area contributed by atoms with Crippen molar-refractivity contribution in [3.8, 4) is 0 Å². The van der Waals surface area contributed by atoms with Crippen LogP contribution in [0.3, 0.4) is 0 Å². The predicted octanol–water partition coefficient (Wildman–Crippen LogP) is 2.76. The average Bonchev–Trinajstić information content (AvgIpc) is 2.80. The maximum absolute atomic E-state index is 13.2. The number of nitrogens with one attached hydrogen (secondary N) is 2. The molecule has 176 valence electrons. The summed E-state index contributed by atoms with van der Waals surface area (Å²) in [6, 6.07) is 18.0. The second-order valence-corrected chi connectivity index (χ2v) is 11.6. The number of fused-ring (bicyclic) bond motifs is 1. The lowest BCUT2D eigenvalue weighted by atomic mass is 10.1. The first-order chi connectivity index (χ1) is 16.1. The van der Waals surface area contributed by atoms with E-state index in [1.54, 1.807) is 0 Å². The van der Waals surface area contributed by atoms with Gasteiger partial charge in [0, 0.05) is 18.4 Å². The van der Waals surface area contributed by atoms with Crippen LogP contribution in [0.5, 0.6) is 0 Å². The van der Waals surface area contributed by atoms with Gasteiger partial charge in [-0.2, -0.15) is 0 Å². The number of hydrogen-bond acceptors (Lipinski definition) is 6. The van der Waals surface area contributed by atoms with Gasteiger partial charge < -0.3 is 10.6 Å². The Balaban J connectivity index is 1.57. The number of rotatable bonds is 6. The van der Waals surface area contributed by atoms with Crippen LogP contribution in [0.15, 0.2) is 82.6 Å². The van der Waals surface area contributed by atoms with Crippen LogP contribution >= 0.6 is 0 Å². The molecule has 3 amide bonds. The van der Waals surface area contributed by atoms with E-state index in [4.69, 9.17) is 0 Å². The monoisotopic (exact) mass is 499 g/mol. The average molecular weight is 500 g/mol. The van der Waals surface area contributed by atoms with E-state index in [1.165, 1.54) is 42.5 Å². The van der Waals surface area contributed by atoms with Gasteiger partial charge in [-0.15, -0.1) is 0 Å². The minimum Gasteiger partial charge on any atom is -0.348 e. The van der Waals surface area contributed by atoms with E-state index in [2.05, 4.69) is 10.6 Å². The maximum Gasteiger partial charge on any atom is 0.336 e. The first kappa shape index (κ1) is 23.5. The molecule has 1 heterocycles. The molecule has 2 N–H and O–H groups in total. The molecule has 0 unspecified atom stereocenters. The third-order valence-electron chi connectivity index (χ3n) is 5.25. The minimum atomic E-state index is -4.27. The Morgan fingerprint density at radius 1 is 0.971 bits per heavy atom. The lowest BCUT2D eigenvalue weighted by Crippen LogP contribution is -2.43. The number of sulfone groups is 1. The number of urea groups is 1. The predicted molar refractivity (Wildman–Crippen MR) is 125 cm³/mol. The van der Waals surface area contributed by atoms with Gasteiger partial charge in [0.05, 0.1) is 17.1 Å². The van der Waals surface area contributed by atoms with Crippen LogP contribution < -0.4 is 10.6 Å². The Morgan fingerprint density at radius 2 is 1.65 bits per heavy atom. The zero-order valence-corrected chi connectivity index (χ0v) is 19.7. The standard InChI is InChI=1S/C23H21N3O6S2/c1-33(29,30)19-10-7-17(8-11-19)15-26-23(28)25-20-12-9-18(13-21(20)34(26,31)32)22(27)24-14-16-5-3-2-4-6-16/h2-13H,14-15H2,1H3,(H,24,27)(H,25,28). The number of nitrogens with zero attached hydrogens (tertiary/aromatic N) is 1. The highest BCUT2D eigenvalue weighted by molar-refractivity contribution is 7.90. The van der Waals surface area contributed by atoms with Gasteiger partial charge in [-0.25, -0.2) is 25.9 Å². The topological polar surface area (TPSA) is 130 Å². The van der Waals surface area contributed by atoms with Gasteiger partial charge >= 0.3 is 6.03 Å². The summed E-state index contributed by atoms with van der Waals surface area (Å²) in [6.45, 7) is -0.0298. The molecule has 0 spiro atoms. The van der Waals surface area contributed by atoms with Crippen LogP contribution in [0.25, 0.3) is 0 Å². The summed E-state index contributed by atoms with van der Waals surface area (Å²) in [4.78, 5) is 25.0. The van der Waals surface area contributed by atoms with Crippen LogP contribution in [-0.4, -0.2) is 39.3 Å². The number of sulfonamides is 1. The van der Waals surface area contributed by atoms with Gasteiger partial charge in [-0.1, -0.05) is 42.5 Å². The van der Waals surface area contributed by atoms with Gasteiger partial charge in [0.1, 0.15) is 4.90 Å².